The van der Waals surface area contributed by atoms with Crippen molar-refractivity contribution in [2.45, 2.75) is 51.7 Å². The summed E-state index contributed by atoms with van der Waals surface area (Å²) in [4.78, 5) is 3.07. The molecular weight excluding hydrogens is 287 g/mol. The first kappa shape index (κ1) is 14.7. The average Bonchev–Trinajstić information content (AvgIpc) is 2.76. The van der Waals surface area contributed by atoms with E-state index < -0.39 is 0 Å². The van der Waals surface area contributed by atoms with Gasteiger partial charge in [-0.15, -0.1) is 0 Å². The molecule has 1 aromatic heterocycles. The summed E-state index contributed by atoms with van der Waals surface area (Å²) in [7, 11) is 0. The highest BCUT2D eigenvalue weighted by Crippen LogP contribution is 2.21. The van der Waals surface area contributed by atoms with Gasteiger partial charge in [0.25, 0.3) is 0 Å². The fourth-order valence-electron chi connectivity index (χ4n) is 3.05. The Morgan fingerprint density at radius 1 is 1.33 bits per heavy atom. The molecule has 1 N–H and O–H groups in total. The minimum atomic E-state index is -0.204. The molecule has 0 atom stereocenters. The van der Waals surface area contributed by atoms with E-state index in [0.717, 1.165) is 11.0 Å². The van der Waals surface area contributed by atoms with Gasteiger partial charge in [-0.2, -0.15) is 0 Å². The molecule has 1 aromatic carbocycles. The van der Waals surface area contributed by atoms with Crippen LogP contribution in [0, 0.1) is 17.5 Å². The molecule has 1 heterocycles. The van der Waals surface area contributed by atoms with E-state index in [1.165, 1.54) is 38.2 Å². The molecule has 2 aromatic rings. The van der Waals surface area contributed by atoms with Crippen molar-refractivity contribution in [2.75, 3.05) is 6.61 Å². The standard InChI is InChI=1S/C16H21FN2OS/c1-11-9-15-14(10-13(11)17)18-16(21)19(15)7-8-20-12-5-3-2-4-6-12/h9-10,12H,2-8H2,1H3,(H,18,21). The summed E-state index contributed by atoms with van der Waals surface area (Å²) in [5.41, 5.74) is 2.34. The maximum absolute atomic E-state index is 13.6. The summed E-state index contributed by atoms with van der Waals surface area (Å²) in [6.07, 6.45) is 6.62. The van der Waals surface area contributed by atoms with Crippen molar-refractivity contribution in [3.8, 4) is 0 Å². The molecule has 0 saturated heterocycles. The van der Waals surface area contributed by atoms with Crippen LogP contribution in [0.15, 0.2) is 12.1 Å². The van der Waals surface area contributed by atoms with Crippen LogP contribution >= 0.6 is 12.2 Å². The van der Waals surface area contributed by atoms with Gasteiger partial charge in [0.2, 0.25) is 0 Å². The van der Waals surface area contributed by atoms with Crippen molar-refractivity contribution in [1.29, 1.82) is 0 Å². The third-order valence-electron chi connectivity index (χ3n) is 4.28. The van der Waals surface area contributed by atoms with Gasteiger partial charge < -0.3 is 14.3 Å². The zero-order valence-electron chi connectivity index (χ0n) is 12.3. The monoisotopic (exact) mass is 308 g/mol. The first-order valence-electron chi connectivity index (χ1n) is 7.65. The normalized spacial score (nSPS) is 16.7. The maximum atomic E-state index is 13.6. The first-order chi connectivity index (χ1) is 10.1. The molecule has 0 bridgehead atoms. The number of nitrogens with zero attached hydrogens (tertiary/aromatic N) is 1. The van der Waals surface area contributed by atoms with Gasteiger partial charge >= 0.3 is 0 Å². The third-order valence-corrected chi connectivity index (χ3v) is 4.60. The molecule has 1 fully saturated rings. The Morgan fingerprint density at radius 3 is 2.86 bits per heavy atom. The number of ether oxygens (including phenoxy) is 1. The van der Waals surface area contributed by atoms with E-state index in [1.807, 2.05) is 10.6 Å². The first-order valence-corrected chi connectivity index (χ1v) is 8.06. The van der Waals surface area contributed by atoms with E-state index in [4.69, 9.17) is 17.0 Å². The fourth-order valence-corrected chi connectivity index (χ4v) is 3.35. The number of nitrogens with one attached hydrogen (secondary N) is 1. The topological polar surface area (TPSA) is 29.9 Å². The molecule has 114 valence electrons. The number of fused-ring (bicyclic) bond motifs is 1. The second-order valence-electron chi connectivity index (χ2n) is 5.83. The predicted molar refractivity (Wildman–Crippen MR) is 84.6 cm³/mol. The summed E-state index contributed by atoms with van der Waals surface area (Å²) in [5.74, 6) is -0.204. The van der Waals surface area contributed by atoms with E-state index >= 15 is 0 Å². The molecule has 5 heteroatoms. The van der Waals surface area contributed by atoms with Crippen LogP contribution in [0.1, 0.15) is 37.7 Å². The number of aromatic amines is 1. The number of H-pyrrole nitrogens is 1. The summed E-state index contributed by atoms with van der Waals surface area (Å²) >= 11 is 5.34. The summed E-state index contributed by atoms with van der Waals surface area (Å²) in [5, 5.41) is 0. The van der Waals surface area contributed by atoms with Crippen LogP contribution in [0.5, 0.6) is 0 Å². The Morgan fingerprint density at radius 2 is 2.10 bits per heavy atom. The molecule has 1 aliphatic carbocycles. The van der Waals surface area contributed by atoms with E-state index in [1.54, 1.807) is 6.92 Å². The van der Waals surface area contributed by atoms with Crippen molar-refractivity contribution in [3.05, 3.63) is 28.3 Å². The molecular formula is C16H21FN2OS. The Balaban J connectivity index is 1.72. The highest BCUT2D eigenvalue weighted by Gasteiger charge is 2.14. The molecule has 3 nitrogen and oxygen atoms in total. The minimum absolute atomic E-state index is 0.204. The van der Waals surface area contributed by atoms with Gasteiger partial charge in [0.05, 0.1) is 23.7 Å². The highest BCUT2D eigenvalue weighted by molar-refractivity contribution is 7.71. The number of benzene rings is 1. The van der Waals surface area contributed by atoms with Gasteiger partial charge in [-0.1, -0.05) is 19.3 Å². The summed E-state index contributed by atoms with van der Waals surface area (Å²) in [6, 6.07) is 3.36. The third kappa shape index (κ3) is 3.19. The number of aryl methyl sites for hydroxylation is 1. The minimum Gasteiger partial charge on any atom is -0.376 e. The zero-order chi connectivity index (χ0) is 14.8. The summed E-state index contributed by atoms with van der Waals surface area (Å²) in [6.45, 7) is 3.14. The Labute approximate surface area is 129 Å². The second kappa shape index (κ2) is 6.28. The molecule has 3 rings (SSSR count). The van der Waals surface area contributed by atoms with E-state index in [0.29, 0.717) is 29.6 Å². The lowest BCUT2D eigenvalue weighted by atomic mass is 9.98. The molecule has 0 aliphatic heterocycles. The molecule has 0 unspecified atom stereocenters. The van der Waals surface area contributed by atoms with E-state index in [2.05, 4.69) is 4.98 Å². The maximum Gasteiger partial charge on any atom is 0.178 e. The van der Waals surface area contributed by atoms with Crippen molar-refractivity contribution < 1.29 is 9.13 Å². The van der Waals surface area contributed by atoms with Crippen LogP contribution in [0.2, 0.25) is 0 Å². The smallest absolute Gasteiger partial charge is 0.178 e. The predicted octanol–water partition coefficient (Wildman–Crippen LogP) is 4.50. The van der Waals surface area contributed by atoms with Gasteiger partial charge in [-0.05, 0) is 49.7 Å². The Bertz CT molecular complexity index is 685. The van der Waals surface area contributed by atoms with Crippen LogP contribution in [0.3, 0.4) is 0 Å². The number of imidazole rings is 1. The molecule has 1 saturated carbocycles. The van der Waals surface area contributed by atoms with E-state index in [9.17, 15) is 4.39 Å². The molecule has 0 spiro atoms. The van der Waals surface area contributed by atoms with Crippen molar-refractivity contribution in [2.24, 2.45) is 0 Å². The fraction of sp³-hybridized carbons (Fsp3) is 0.562. The molecule has 1 aliphatic rings. The van der Waals surface area contributed by atoms with Crippen LogP contribution < -0.4 is 0 Å². The van der Waals surface area contributed by atoms with Crippen LogP contribution in [-0.4, -0.2) is 22.3 Å². The lowest BCUT2D eigenvalue weighted by Crippen LogP contribution is -2.19. The van der Waals surface area contributed by atoms with Crippen molar-refractivity contribution >= 4 is 23.3 Å². The number of rotatable bonds is 4. The van der Waals surface area contributed by atoms with E-state index in [-0.39, 0.29) is 5.82 Å². The number of aromatic nitrogens is 2. The zero-order valence-corrected chi connectivity index (χ0v) is 13.1. The lowest BCUT2D eigenvalue weighted by molar-refractivity contribution is 0.0243. The second-order valence-corrected chi connectivity index (χ2v) is 6.22. The summed E-state index contributed by atoms with van der Waals surface area (Å²) < 4.78 is 22.2. The Kier molecular flexibility index (Phi) is 4.40. The van der Waals surface area contributed by atoms with Crippen molar-refractivity contribution in [3.63, 3.8) is 0 Å². The molecule has 21 heavy (non-hydrogen) atoms. The molecule has 0 radical (unpaired) electrons. The van der Waals surface area contributed by atoms with Crippen LogP contribution in [0.4, 0.5) is 4.39 Å². The van der Waals surface area contributed by atoms with Gasteiger partial charge in [-0.3, -0.25) is 0 Å². The van der Waals surface area contributed by atoms with Gasteiger partial charge in [-0.25, -0.2) is 4.39 Å². The highest BCUT2D eigenvalue weighted by atomic mass is 32.1. The number of halogens is 1. The van der Waals surface area contributed by atoms with Gasteiger partial charge in [0, 0.05) is 6.54 Å². The van der Waals surface area contributed by atoms with Crippen LogP contribution in [0.25, 0.3) is 11.0 Å². The number of hydrogen-bond acceptors (Lipinski definition) is 2. The molecule has 0 amide bonds. The quantitative estimate of drug-likeness (QED) is 0.843. The van der Waals surface area contributed by atoms with Crippen molar-refractivity contribution in [1.82, 2.24) is 9.55 Å². The van der Waals surface area contributed by atoms with Crippen LogP contribution in [-0.2, 0) is 11.3 Å². The SMILES string of the molecule is Cc1cc2c(cc1F)[nH]c(=S)n2CCOC1CCCCC1. The van der Waals surface area contributed by atoms with Gasteiger partial charge in [0.1, 0.15) is 5.82 Å². The largest absolute Gasteiger partial charge is 0.376 e. The Hall–Kier alpha value is -1.20. The lowest BCUT2D eigenvalue weighted by Gasteiger charge is -2.22. The van der Waals surface area contributed by atoms with Gasteiger partial charge in [0.15, 0.2) is 4.77 Å². The number of hydrogen-bond donors (Lipinski definition) is 1. The average molecular weight is 308 g/mol.